The summed E-state index contributed by atoms with van der Waals surface area (Å²) in [6.07, 6.45) is 3.35. The van der Waals surface area contributed by atoms with Gasteiger partial charge in [0, 0.05) is 24.8 Å². The summed E-state index contributed by atoms with van der Waals surface area (Å²) in [6.45, 7) is 7.52. The monoisotopic (exact) mass is 345 g/mol. The van der Waals surface area contributed by atoms with E-state index in [4.69, 9.17) is 0 Å². The fraction of sp³-hybridized carbons (Fsp3) is 0.250. The molecule has 0 aliphatic heterocycles. The van der Waals surface area contributed by atoms with Crippen LogP contribution in [0.3, 0.4) is 0 Å². The number of rotatable bonds is 7. The summed E-state index contributed by atoms with van der Waals surface area (Å²) in [5, 5.41) is 13.7. The van der Waals surface area contributed by atoms with Crippen molar-refractivity contribution < 1.29 is 9.59 Å². The van der Waals surface area contributed by atoms with Gasteiger partial charge in [-0.25, -0.2) is 0 Å². The molecule has 2 rings (SSSR count). The molecule has 1 heterocycles. The van der Waals surface area contributed by atoms with Crippen LogP contribution in [0, 0.1) is 0 Å². The summed E-state index contributed by atoms with van der Waals surface area (Å²) in [4.78, 5) is 23.3. The van der Waals surface area contributed by atoms with Gasteiger partial charge in [-0.1, -0.05) is 17.8 Å². The number of carbonyl (C=O) groups is 2. The Balaban J connectivity index is 1.94. The third-order valence-electron chi connectivity index (χ3n) is 3.03. The number of hydrogen-bond acceptors (Lipinski definition) is 5. The van der Waals surface area contributed by atoms with Gasteiger partial charge < -0.3 is 15.2 Å². The first-order valence-electron chi connectivity index (χ1n) is 7.33. The Hall–Kier alpha value is -2.61. The lowest BCUT2D eigenvalue weighted by molar-refractivity contribution is -0.115. The predicted molar refractivity (Wildman–Crippen MR) is 94.9 cm³/mol. The summed E-state index contributed by atoms with van der Waals surface area (Å²) in [7, 11) is 0. The highest BCUT2D eigenvalue weighted by Crippen LogP contribution is 2.22. The minimum Gasteiger partial charge on any atom is -0.326 e. The van der Waals surface area contributed by atoms with Crippen LogP contribution in [0.1, 0.15) is 13.8 Å². The number of allylic oxidation sites excluding steroid dienone is 1. The molecule has 0 aliphatic rings. The SMILES string of the molecule is C=CCn1cnnc1S[C@@H](C)C(=O)Nc1ccc(NC(C)=O)cc1. The lowest BCUT2D eigenvalue weighted by Crippen LogP contribution is -2.22. The van der Waals surface area contributed by atoms with Crippen LogP contribution in [-0.2, 0) is 16.1 Å². The second-order valence-corrected chi connectivity index (χ2v) is 6.37. The van der Waals surface area contributed by atoms with Gasteiger partial charge in [0.2, 0.25) is 11.8 Å². The van der Waals surface area contributed by atoms with Gasteiger partial charge in [0.15, 0.2) is 5.16 Å². The van der Waals surface area contributed by atoms with Crippen LogP contribution in [0.5, 0.6) is 0 Å². The van der Waals surface area contributed by atoms with E-state index in [1.54, 1.807) is 43.6 Å². The van der Waals surface area contributed by atoms with Crippen molar-refractivity contribution in [2.75, 3.05) is 10.6 Å². The van der Waals surface area contributed by atoms with Gasteiger partial charge in [-0.2, -0.15) is 0 Å². The Morgan fingerprint density at radius 2 is 1.92 bits per heavy atom. The van der Waals surface area contributed by atoms with Crippen LogP contribution in [0.4, 0.5) is 11.4 Å². The summed E-state index contributed by atoms with van der Waals surface area (Å²) in [5.74, 6) is -0.277. The Labute approximate surface area is 144 Å². The molecule has 1 atom stereocenters. The highest BCUT2D eigenvalue weighted by Gasteiger charge is 2.17. The third-order valence-corrected chi connectivity index (χ3v) is 4.12. The molecular formula is C16H19N5O2S. The fourth-order valence-electron chi connectivity index (χ4n) is 1.90. The van der Waals surface area contributed by atoms with Crippen LogP contribution in [0.25, 0.3) is 0 Å². The van der Waals surface area contributed by atoms with E-state index in [1.165, 1.54) is 18.7 Å². The molecule has 2 N–H and O–H groups in total. The zero-order valence-corrected chi connectivity index (χ0v) is 14.3. The van der Waals surface area contributed by atoms with Crippen LogP contribution in [0.2, 0.25) is 0 Å². The van der Waals surface area contributed by atoms with Crippen molar-refractivity contribution in [1.82, 2.24) is 14.8 Å². The predicted octanol–water partition coefficient (Wildman–Crippen LogP) is 2.54. The Bertz CT molecular complexity index is 726. The summed E-state index contributed by atoms with van der Waals surface area (Å²) in [5.41, 5.74) is 1.34. The number of nitrogens with one attached hydrogen (secondary N) is 2. The number of amides is 2. The largest absolute Gasteiger partial charge is 0.326 e. The molecule has 8 heteroatoms. The van der Waals surface area contributed by atoms with Gasteiger partial charge >= 0.3 is 0 Å². The van der Waals surface area contributed by atoms with Crippen molar-refractivity contribution in [1.29, 1.82) is 0 Å². The maximum Gasteiger partial charge on any atom is 0.237 e. The Morgan fingerprint density at radius 1 is 1.29 bits per heavy atom. The van der Waals surface area contributed by atoms with Crippen LogP contribution >= 0.6 is 11.8 Å². The molecule has 2 aromatic rings. The maximum atomic E-state index is 12.3. The van der Waals surface area contributed by atoms with Crippen molar-refractivity contribution in [3.05, 3.63) is 43.2 Å². The molecule has 0 saturated heterocycles. The molecule has 0 spiro atoms. The molecule has 0 radical (unpaired) electrons. The first-order valence-corrected chi connectivity index (χ1v) is 8.21. The maximum absolute atomic E-state index is 12.3. The molecule has 1 aromatic carbocycles. The number of hydrogen-bond donors (Lipinski definition) is 2. The summed E-state index contributed by atoms with van der Waals surface area (Å²) < 4.78 is 1.82. The average Bonchev–Trinajstić information content (AvgIpc) is 2.96. The highest BCUT2D eigenvalue weighted by atomic mass is 32.2. The molecule has 0 aliphatic carbocycles. The Morgan fingerprint density at radius 3 is 2.50 bits per heavy atom. The number of aromatic nitrogens is 3. The van der Waals surface area contributed by atoms with Gasteiger partial charge in [0.05, 0.1) is 5.25 Å². The standard InChI is InChI=1S/C16H19N5O2S/c1-4-9-21-10-17-20-16(21)24-11(2)15(23)19-14-7-5-13(6-8-14)18-12(3)22/h4-8,10-11H,1,9H2,2-3H3,(H,18,22)(H,19,23)/t11-/m0/s1. The van der Waals surface area contributed by atoms with E-state index in [0.29, 0.717) is 23.1 Å². The van der Waals surface area contributed by atoms with Gasteiger partial charge in [-0.05, 0) is 31.2 Å². The normalized spacial score (nSPS) is 11.6. The second-order valence-electron chi connectivity index (χ2n) is 5.06. The van der Waals surface area contributed by atoms with E-state index in [1.807, 2.05) is 4.57 Å². The Kier molecular flexibility index (Phi) is 6.14. The quantitative estimate of drug-likeness (QED) is 0.595. The molecule has 0 fully saturated rings. The number of thioether (sulfide) groups is 1. The van der Waals surface area contributed by atoms with Crippen molar-refractivity contribution in [2.45, 2.75) is 30.8 Å². The van der Waals surface area contributed by atoms with E-state index in [2.05, 4.69) is 27.4 Å². The molecule has 24 heavy (non-hydrogen) atoms. The van der Waals surface area contributed by atoms with E-state index in [9.17, 15) is 9.59 Å². The van der Waals surface area contributed by atoms with Crippen LogP contribution < -0.4 is 10.6 Å². The molecule has 2 amide bonds. The van der Waals surface area contributed by atoms with Gasteiger partial charge in [0.25, 0.3) is 0 Å². The number of nitrogens with zero attached hydrogens (tertiary/aromatic N) is 3. The van der Waals surface area contributed by atoms with Gasteiger partial charge in [-0.15, -0.1) is 16.8 Å². The van der Waals surface area contributed by atoms with Crippen LogP contribution in [-0.4, -0.2) is 31.8 Å². The first kappa shape index (κ1) is 17.7. The molecule has 0 unspecified atom stereocenters. The molecule has 0 saturated carbocycles. The highest BCUT2D eigenvalue weighted by molar-refractivity contribution is 8.00. The van der Waals surface area contributed by atoms with Crippen molar-refractivity contribution in [3.8, 4) is 0 Å². The van der Waals surface area contributed by atoms with Gasteiger partial charge in [-0.3, -0.25) is 9.59 Å². The molecule has 126 valence electrons. The summed E-state index contributed by atoms with van der Waals surface area (Å²) in [6, 6.07) is 6.94. The molecular weight excluding hydrogens is 326 g/mol. The van der Waals surface area contributed by atoms with Gasteiger partial charge in [0.1, 0.15) is 6.33 Å². The van der Waals surface area contributed by atoms with Crippen LogP contribution in [0.15, 0.2) is 48.4 Å². The van der Waals surface area contributed by atoms with E-state index in [-0.39, 0.29) is 17.1 Å². The zero-order valence-electron chi connectivity index (χ0n) is 13.5. The molecule has 0 bridgehead atoms. The minimum absolute atomic E-state index is 0.138. The molecule has 7 nitrogen and oxygen atoms in total. The molecule has 1 aromatic heterocycles. The van der Waals surface area contributed by atoms with E-state index >= 15 is 0 Å². The second kappa shape index (κ2) is 8.30. The number of benzene rings is 1. The smallest absolute Gasteiger partial charge is 0.237 e. The van der Waals surface area contributed by atoms with E-state index < -0.39 is 0 Å². The average molecular weight is 345 g/mol. The third kappa shape index (κ3) is 4.95. The van der Waals surface area contributed by atoms with Crippen molar-refractivity contribution in [2.24, 2.45) is 0 Å². The lowest BCUT2D eigenvalue weighted by atomic mass is 10.2. The summed E-state index contributed by atoms with van der Waals surface area (Å²) >= 11 is 1.33. The van der Waals surface area contributed by atoms with E-state index in [0.717, 1.165) is 0 Å². The minimum atomic E-state index is -0.340. The fourth-order valence-corrected chi connectivity index (χ4v) is 2.73. The topological polar surface area (TPSA) is 88.9 Å². The van der Waals surface area contributed by atoms with Crippen molar-refractivity contribution >= 4 is 35.0 Å². The van der Waals surface area contributed by atoms with Crippen molar-refractivity contribution in [3.63, 3.8) is 0 Å². The zero-order chi connectivity index (χ0) is 17.5. The first-order chi connectivity index (χ1) is 11.5. The number of carbonyl (C=O) groups excluding carboxylic acids is 2. The lowest BCUT2D eigenvalue weighted by Gasteiger charge is -2.12. The number of anilines is 2.